The number of hydrogen-bond acceptors (Lipinski definition) is 6. The zero-order chi connectivity index (χ0) is 17.0. The molecule has 0 bridgehead atoms. The summed E-state index contributed by atoms with van der Waals surface area (Å²) in [4.78, 5) is 14.6. The second-order valence-electron chi connectivity index (χ2n) is 4.39. The largest absolute Gasteiger partial charge is 0.465 e. The van der Waals surface area contributed by atoms with E-state index in [4.69, 9.17) is 0 Å². The second-order valence-corrected chi connectivity index (χ2v) is 6.12. The van der Waals surface area contributed by atoms with Crippen molar-refractivity contribution >= 4 is 21.9 Å². The normalized spacial score (nSPS) is 11.5. The minimum absolute atomic E-state index is 0.275. The number of carbonyl (C=O) groups is 1. The van der Waals surface area contributed by atoms with Crippen LogP contribution in [0.2, 0.25) is 0 Å². The first kappa shape index (κ1) is 16.8. The third-order valence-electron chi connectivity index (χ3n) is 2.69. The first-order chi connectivity index (χ1) is 10.8. The molecule has 0 aliphatic heterocycles. The highest BCUT2D eigenvalue weighted by Gasteiger charge is 2.18. The summed E-state index contributed by atoms with van der Waals surface area (Å²) in [7, 11) is -2.66. The van der Waals surface area contributed by atoms with Gasteiger partial charge in [-0.3, -0.25) is 5.10 Å². The lowest BCUT2D eigenvalue weighted by Crippen LogP contribution is -2.16. The van der Waals surface area contributed by atoms with Crippen molar-refractivity contribution in [1.82, 2.24) is 15.2 Å². The number of ether oxygens (including phenoxy) is 1. The van der Waals surface area contributed by atoms with Crippen molar-refractivity contribution in [3.8, 4) is 0 Å². The molecule has 0 unspecified atom stereocenters. The number of nitrogens with zero attached hydrogens (tertiary/aromatic N) is 2. The molecule has 1 heterocycles. The average Bonchev–Trinajstić information content (AvgIpc) is 2.94. The number of methoxy groups -OCH3 is 1. The van der Waals surface area contributed by atoms with Gasteiger partial charge in [0.25, 0.3) is 12.4 Å². The number of rotatable bonds is 6. The van der Waals surface area contributed by atoms with E-state index in [9.17, 15) is 22.0 Å². The van der Waals surface area contributed by atoms with Crippen LogP contribution in [0.4, 0.5) is 14.7 Å². The molecule has 0 fully saturated rings. The third kappa shape index (κ3) is 4.45. The van der Waals surface area contributed by atoms with Crippen LogP contribution in [-0.2, 0) is 20.5 Å². The first-order valence-electron chi connectivity index (χ1n) is 6.19. The molecule has 0 aliphatic carbocycles. The number of halogens is 2. The molecule has 0 atom stereocenters. The molecule has 0 radical (unpaired) electrons. The van der Waals surface area contributed by atoms with Gasteiger partial charge in [-0.1, -0.05) is 12.1 Å². The SMILES string of the molecule is COC(=O)c1ccc(CS(=O)(=O)Nc2n[nH]c(C(F)F)n2)cc1. The number of hydrogen-bond donors (Lipinski definition) is 2. The van der Waals surface area contributed by atoms with E-state index < -0.39 is 39.9 Å². The van der Waals surface area contributed by atoms with Gasteiger partial charge in [-0.15, -0.1) is 5.10 Å². The maximum atomic E-state index is 12.3. The Kier molecular flexibility index (Phi) is 4.89. The highest BCUT2D eigenvalue weighted by molar-refractivity contribution is 7.91. The fraction of sp³-hybridized carbons (Fsp3) is 0.250. The Morgan fingerprint density at radius 1 is 1.35 bits per heavy atom. The van der Waals surface area contributed by atoms with Crippen LogP contribution >= 0.6 is 0 Å². The number of anilines is 1. The van der Waals surface area contributed by atoms with E-state index in [0.717, 1.165) is 0 Å². The van der Waals surface area contributed by atoms with Crippen molar-refractivity contribution in [2.45, 2.75) is 12.2 Å². The highest BCUT2D eigenvalue weighted by atomic mass is 32.2. The summed E-state index contributed by atoms with van der Waals surface area (Å²) in [5.74, 6) is -2.18. The lowest BCUT2D eigenvalue weighted by Gasteiger charge is -2.05. The minimum Gasteiger partial charge on any atom is -0.465 e. The standard InChI is InChI=1S/C12H12F2N4O4S/c1-22-11(19)8-4-2-7(3-5-8)6-23(20,21)18-12-15-10(9(13)14)16-17-12/h2-5,9H,6H2,1H3,(H2,15,16,17,18). The molecule has 124 valence electrons. The van der Waals surface area contributed by atoms with Gasteiger partial charge in [0.05, 0.1) is 18.4 Å². The third-order valence-corrected chi connectivity index (χ3v) is 3.89. The number of benzene rings is 1. The number of esters is 1. The van der Waals surface area contributed by atoms with Crippen molar-refractivity contribution in [1.29, 1.82) is 0 Å². The Morgan fingerprint density at radius 3 is 2.52 bits per heavy atom. The van der Waals surface area contributed by atoms with E-state index in [1.165, 1.54) is 31.4 Å². The van der Waals surface area contributed by atoms with Gasteiger partial charge in [-0.05, 0) is 17.7 Å². The van der Waals surface area contributed by atoms with Crippen LogP contribution in [-0.4, -0.2) is 36.7 Å². The number of carbonyl (C=O) groups excluding carboxylic acids is 1. The predicted octanol–water partition coefficient (Wildman–Crippen LogP) is 1.47. The van der Waals surface area contributed by atoms with Crippen LogP contribution in [0.25, 0.3) is 0 Å². The number of sulfonamides is 1. The molecular weight excluding hydrogens is 334 g/mol. The van der Waals surface area contributed by atoms with Crippen LogP contribution in [0.15, 0.2) is 24.3 Å². The molecule has 1 aromatic carbocycles. The highest BCUT2D eigenvalue weighted by Crippen LogP contribution is 2.16. The Morgan fingerprint density at radius 2 is 2.00 bits per heavy atom. The Balaban J connectivity index is 2.06. The van der Waals surface area contributed by atoms with E-state index in [1.807, 2.05) is 9.82 Å². The average molecular weight is 346 g/mol. The van der Waals surface area contributed by atoms with Gasteiger partial charge < -0.3 is 4.74 Å². The molecule has 0 aliphatic rings. The summed E-state index contributed by atoms with van der Waals surface area (Å²) >= 11 is 0. The molecule has 8 nitrogen and oxygen atoms in total. The molecular formula is C12H12F2N4O4S. The first-order valence-corrected chi connectivity index (χ1v) is 7.84. The lowest BCUT2D eigenvalue weighted by molar-refractivity contribution is 0.0600. The van der Waals surface area contributed by atoms with Gasteiger partial charge in [0.2, 0.25) is 10.0 Å². The summed E-state index contributed by atoms with van der Waals surface area (Å²) in [5.41, 5.74) is 0.659. The Bertz CT molecular complexity index is 790. The monoisotopic (exact) mass is 346 g/mol. The van der Waals surface area contributed by atoms with E-state index in [1.54, 1.807) is 0 Å². The van der Waals surface area contributed by atoms with Gasteiger partial charge >= 0.3 is 5.97 Å². The minimum atomic E-state index is -3.89. The maximum Gasteiger partial charge on any atom is 0.337 e. The molecule has 11 heteroatoms. The number of aromatic amines is 1. The smallest absolute Gasteiger partial charge is 0.337 e. The van der Waals surface area contributed by atoms with E-state index >= 15 is 0 Å². The van der Waals surface area contributed by atoms with Crippen LogP contribution in [0.3, 0.4) is 0 Å². The predicted molar refractivity (Wildman–Crippen MR) is 75.4 cm³/mol. The van der Waals surface area contributed by atoms with Crippen LogP contribution < -0.4 is 4.72 Å². The zero-order valence-corrected chi connectivity index (χ0v) is 12.6. The molecule has 2 rings (SSSR count). The quantitative estimate of drug-likeness (QED) is 0.766. The molecule has 1 aromatic heterocycles. The van der Waals surface area contributed by atoms with Crippen LogP contribution in [0.5, 0.6) is 0 Å². The Labute approximate surface area is 129 Å². The zero-order valence-electron chi connectivity index (χ0n) is 11.8. The lowest BCUT2D eigenvalue weighted by atomic mass is 10.1. The van der Waals surface area contributed by atoms with Crippen LogP contribution in [0.1, 0.15) is 28.2 Å². The molecule has 23 heavy (non-hydrogen) atoms. The number of nitrogens with one attached hydrogen (secondary N) is 2. The van der Waals surface area contributed by atoms with E-state index in [-0.39, 0.29) is 5.56 Å². The van der Waals surface area contributed by atoms with Gasteiger partial charge in [0.1, 0.15) is 0 Å². The summed E-state index contributed by atoms with van der Waals surface area (Å²) in [6.45, 7) is 0. The number of aromatic nitrogens is 3. The summed E-state index contributed by atoms with van der Waals surface area (Å²) in [5, 5.41) is 5.27. The van der Waals surface area contributed by atoms with Crippen molar-refractivity contribution in [3.63, 3.8) is 0 Å². The molecule has 0 amide bonds. The summed E-state index contributed by atoms with van der Waals surface area (Å²) < 4.78 is 55.1. The fourth-order valence-electron chi connectivity index (χ4n) is 1.67. The molecule has 2 N–H and O–H groups in total. The van der Waals surface area contributed by atoms with Gasteiger partial charge in [-0.25, -0.2) is 26.7 Å². The van der Waals surface area contributed by atoms with Crippen molar-refractivity contribution in [2.24, 2.45) is 0 Å². The van der Waals surface area contributed by atoms with Gasteiger partial charge in [-0.2, -0.15) is 4.98 Å². The summed E-state index contributed by atoms with van der Waals surface area (Å²) in [6.07, 6.45) is -2.88. The second kappa shape index (κ2) is 6.69. The Hall–Kier alpha value is -2.56. The molecule has 0 saturated heterocycles. The number of alkyl halides is 2. The number of H-pyrrole nitrogens is 1. The molecule has 0 spiro atoms. The summed E-state index contributed by atoms with van der Waals surface area (Å²) in [6, 6.07) is 5.71. The molecule has 2 aromatic rings. The maximum absolute atomic E-state index is 12.3. The fourth-order valence-corrected chi connectivity index (χ4v) is 2.74. The van der Waals surface area contributed by atoms with Gasteiger partial charge in [0, 0.05) is 0 Å². The van der Waals surface area contributed by atoms with Crippen molar-refractivity contribution in [2.75, 3.05) is 11.8 Å². The van der Waals surface area contributed by atoms with Crippen LogP contribution in [0, 0.1) is 0 Å². The van der Waals surface area contributed by atoms with Gasteiger partial charge in [0.15, 0.2) is 5.82 Å². The molecule has 0 saturated carbocycles. The topological polar surface area (TPSA) is 114 Å². The van der Waals surface area contributed by atoms with E-state index in [2.05, 4.69) is 14.8 Å². The van der Waals surface area contributed by atoms with Crippen molar-refractivity contribution in [3.05, 3.63) is 41.2 Å². The van der Waals surface area contributed by atoms with Crippen molar-refractivity contribution < 1.29 is 26.7 Å². The van der Waals surface area contributed by atoms with E-state index in [0.29, 0.717) is 5.56 Å².